The zero-order chi connectivity index (χ0) is 12.1. The molecule has 0 amide bonds. The molecule has 0 spiro atoms. The molecule has 0 radical (unpaired) electrons. The van der Waals surface area contributed by atoms with Crippen LogP contribution in [0.3, 0.4) is 0 Å². The predicted octanol–water partition coefficient (Wildman–Crippen LogP) is 3.42. The van der Waals surface area contributed by atoms with E-state index in [9.17, 15) is 0 Å². The zero-order valence-electron chi connectivity index (χ0n) is 10.6. The highest BCUT2D eigenvalue weighted by molar-refractivity contribution is 5.17. The molecule has 1 aromatic carbocycles. The van der Waals surface area contributed by atoms with E-state index in [1.54, 1.807) is 0 Å². The van der Waals surface area contributed by atoms with Crippen molar-refractivity contribution in [1.29, 1.82) is 0 Å². The van der Waals surface area contributed by atoms with E-state index in [0.717, 1.165) is 32.1 Å². The van der Waals surface area contributed by atoms with E-state index in [4.69, 9.17) is 10.5 Å². The number of benzene rings is 1. The van der Waals surface area contributed by atoms with Crippen molar-refractivity contribution in [2.75, 3.05) is 0 Å². The number of ether oxygens (including phenoxy) is 1. The molecule has 1 fully saturated rings. The van der Waals surface area contributed by atoms with Gasteiger partial charge in [-0.1, -0.05) is 37.3 Å². The first-order chi connectivity index (χ1) is 8.29. The summed E-state index contributed by atoms with van der Waals surface area (Å²) in [4.78, 5) is 0. The SMILES string of the molecule is CC[C@H](OC1CCC(N)CC1)c1ccccc1. The normalized spacial score (nSPS) is 26.7. The van der Waals surface area contributed by atoms with Gasteiger partial charge in [0, 0.05) is 6.04 Å². The minimum atomic E-state index is 0.246. The second-order valence-corrected chi connectivity index (χ2v) is 4.98. The van der Waals surface area contributed by atoms with Crippen molar-refractivity contribution in [2.45, 2.75) is 57.3 Å². The number of hydrogen-bond donors (Lipinski definition) is 1. The highest BCUT2D eigenvalue weighted by Crippen LogP contribution is 2.28. The van der Waals surface area contributed by atoms with Crippen LogP contribution >= 0.6 is 0 Å². The third-order valence-electron chi connectivity index (χ3n) is 3.62. The van der Waals surface area contributed by atoms with Crippen LogP contribution in [-0.4, -0.2) is 12.1 Å². The average molecular weight is 233 g/mol. The molecule has 2 N–H and O–H groups in total. The Balaban J connectivity index is 1.92. The van der Waals surface area contributed by atoms with Crippen LogP contribution < -0.4 is 5.73 Å². The van der Waals surface area contributed by atoms with Gasteiger partial charge in [-0.25, -0.2) is 0 Å². The lowest BCUT2D eigenvalue weighted by atomic mass is 9.93. The molecule has 0 aromatic heterocycles. The van der Waals surface area contributed by atoms with E-state index in [0.29, 0.717) is 12.1 Å². The van der Waals surface area contributed by atoms with Gasteiger partial charge in [0.05, 0.1) is 12.2 Å². The zero-order valence-corrected chi connectivity index (χ0v) is 10.6. The van der Waals surface area contributed by atoms with Crippen molar-refractivity contribution in [3.05, 3.63) is 35.9 Å². The monoisotopic (exact) mass is 233 g/mol. The van der Waals surface area contributed by atoms with E-state index in [2.05, 4.69) is 37.3 Å². The van der Waals surface area contributed by atoms with Crippen molar-refractivity contribution in [1.82, 2.24) is 0 Å². The third kappa shape index (κ3) is 3.55. The van der Waals surface area contributed by atoms with Crippen molar-refractivity contribution in [2.24, 2.45) is 5.73 Å². The lowest BCUT2D eigenvalue weighted by molar-refractivity contribution is -0.0351. The first kappa shape index (κ1) is 12.6. The summed E-state index contributed by atoms with van der Waals surface area (Å²) in [5.74, 6) is 0. The van der Waals surface area contributed by atoms with Crippen LogP contribution in [0, 0.1) is 0 Å². The summed E-state index contributed by atoms with van der Waals surface area (Å²) in [5, 5.41) is 0. The molecule has 0 bridgehead atoms. The van der Waals surface area contributed by atoms with Crippen LogP contribution in [0.5, 0.6) is 0 Å². The van der Waals surface area contributed by atoms with Gasteiger partial charge in [-0.3, -0.25) is 0 Å². The molecule has 0 unspecified atom stereocenters. The summed E-state index contributed by atoms with van der Waals surface area (Å²) in [6.07, 6.45) is 6.13. The Morgan fingerprint density at radius 2 is 1.82 bits per heavy atom. The quantitative estimate of drug-likeness (QED) is 0.864. The highest BCUT2D eigenvalue weighted by Gasteiger charge is 2.22. The summed E-state index contributed by atoms with van der Waals surface area (Å²) in [5.41, 5.74) is 7.21. The Kier molecular flexibility index (Phi) is 4.57. The molecular weight excluding hydrogens is 210 g/mol. The van der Waals surface area contributed by atoms with Gasteiger partial charge in [0.2, 0.25) is 0 Å². The van der Waals surface area contributed by atoms with Crippen molar-refractivity contribution >= 4 is 0 Å². The average Bonchev–Trinajstić information content (AvgIpc) is 2.39. The number of rotatable bonds is 4. The first-order valence-corrected chi connectivity index (χ1v) is 6.75. The molecule has 1 aliphatic carbocycles. The second-order valence-electron chi connectivity index (χ2n) is 4.98. The molecule has 0 aliphatic heterocycles. The third-order valence-corrected chi connectivity index (χ3v) is 3.62. The van der Waals surface area contributed by atoms with Crippen LogP contribution in [-0.2, 0) is 4.74 Å². The fourth-order valence-corrected chi connectivity index (χ4v) is 2.54. The fraction of sp³-hybridized carbons (Fsp3) is 0.600. The Labute approximate surface area is 104 Å². The standard InChI is InChI=1S/C15H23NO/c1-2-15(12-6-4-3-5-7-12)17-14-10-8-13(16)9-11-14/h3-7,13-15H,2,8-11,16H2,1H3/t13?,14?,15-/m0/s1. The smallest absolute Gasteiger partial charge is 0.0826 e. The minimum absolute atomic E-state index is 0.246. The highest BCUT2D eigenvalue weighted by atomic mass is 16.5. The van der Waals surface area contributed by atoms with Gasteiger partial charge in [-0.05, 0) is 37.7 Å². The molecule has 1 atom stereocenters. The summed E-state index contributed by atoms with van der Waals surface area (Å²) in [6, 6.07) is 10.9. The van der Waals surface area contributed by atoms with E-state index in [1.807, 2.05) is 0 Å². The van der Waals surface area contributed by atoms with Crippen LogP contribution in [0.2, 0.25) is 0 Å². The molecule has 0 saturated heterocycles. The molecule has 1 saturated carbocycles. The molecule has 2 nitrogen and oxygen atoms in total. The molecule has 1 aromatic rings. The van der Waals surface area contributed by atoms with Crippen molar-refractivity contribution in [3.8, 4) is 0 Å². The second kappa shape index (κ2) is 6.18. The molecule has 2 heteroatoms. The lowest BCUT2D eigenvalue weighted by Gasteiger charge is -2.30. The Morgan fingerprint density at radius 1 is 1.18 bits per heavy atom. The molecule has 1 aliphatic rings. The summed E-state index contributed by atoms with van der Waals surface area (Å²) >= 11 is 0. The van der Waals surface area contributed by atoms with Crippen LogP contribution in [0.25, 0.3) is 0 Å². The van der Waals surface area contributed by atoms with Gasteiger partial charge in [0.1, 0.15) is 0 Å². The predicted molar refractivity (Wildman–Crippen MR) is 70.8 cm³/mol. The van der Waals surface area contributed by atoms with Gasteiger partial charge >= 0.3 is 0 Å². The van der Waals surface area contributed by atoms with Crippen molar-refractivity contribution < 1.29 is 4.74 Å². The van der Waals surface area contributed by atoms with Gasteiger partial charge in [-0.2, -0.15) is 0 Å². The summed E-state index contributed by atoms with van der Waals surface area (Å²) in [6.45, 7) is 2.19. The lowest BCUT2D eigenvalue weighted by Crippen LogP contribution is -2.31. The molecular formula is C15H23NO. The summed E-state index contributed by atoms with van der Waals surface area (Å²) < 4.78 is 6.22. The van der Waals surface area contributed by atoms with E-state index >= 15 is 0 Å². The first-order valence-electron chi connectivity index (χ1n) is 6.75. The van der Waals surface area contributed by atoms with Gasteiger partial charge < -0.3 is 10.5 Å². The Bertz CT molecular complexity index is 317. The number of hydrogen-bond acceptors (Lipinski definition) is 2. The van der Waals surface area contributed by atoms with Crippen LogP contribution in [0.4, 0.5) is 0 Å². The maximum absolute atomic E-state index is 6.22. The maximum atomic E-state index is 6.22. The maximum Gasteiger partial charge on any atom is 0.0826 e. The van der Waals surface area contributed by atoms with Gasteiger partial charge in [0.25, 0.3) is 0 Å². The van der Waals surface area contributed by atoms with Gasteiger partial charge in [0.15, 0.2) is 0 Å². The fourth-order valence-electron chi connectivity index (χ4n) is 2.54. The molecule has 0 heterocycles. The minimum Gasteiger partial charge on any atom is -0.370 e. The van der Waals surface area contributed by atoms with Crippen molar-refractivity contribution in [3.63, 3.8) is 0 Å². The largest absolute Gasteiger partial charge is 0.370 e. The van der Waals surface area contributed by atoms with E-state index in [1.165, 1.54) is 5.56 Å². The summed E-state index contributed by atoms with van der Waals surface area (Å²) in [7, 11) is 0. The molecule has 2 rings (SSSR count). The molecule has 17 heavy (non-hydrogen) atoms. The van der Waals surface area contributed by atoms with Crippen LogP contribution in [0.15, 0.2) is 30.3 Å². The Hall–Kier alpha value is -0.860. The Morgan fingerprint density at radius 3 is 2.41 bits per heavy atom. The van der Waals surface area contributed by atoms with Crippen LogP contribution in [0.1, 0.15) is 50.7 Å². The van der Waals surface area contributed by atoms with E-state index < -0.39 is 0 Å². The number of nitrogens with two attached hydrogens (primary N) is 1. The molecule has 94 valence electrons. The van der Waals surface area contributed by atoms with E-state index in [-0.39, 0.29) is 6.10 Å². The van der Waals surface area contributed by atoms with Gasteiger partial charge in [-0.15, -0.1) is 0 Å². The topological polar surface area (TPSA) is 35.2 Å².